The quantitative estimate of drug-likeness (QED) is 0.749. The van der Waals surface area contributed by atoms with Crippen molar-refractivity contribution in [1.29, 1.82) is 0 Å². The third-order valence-corrected chi connectivity index (χ3v) is 3.65. The second-order valence-electron chi connectivity index (χ2n) is 3.61. The first kappa shape index (κ1) is 15.7. The Bertz CT molecular complexity index is 558. The molecule has 0 aromatic heterocycles. The second-order valence-corrected chi connectivity index (χ2v) is 5.89. The summed E-state index contributed by atoms with van der Waals surface area (Å²) >= 11 is 5.67. The predicted molar refractivity (Wildman–Crippen MR) is 72.3 cm³/mol. The van der Waals surface area contributed by atoms with Gasteiger partial charge in [0.2, 0.25) is 10.0 Å². The number of rotatable bonds is 7. The molecule has 19 heavy (non-hydrogen) atoms. The number of sulfonamides is 1. The fourth-order valence-electron chi connectivity index (χ4n) is 1.31. The molecule has 0 saturated heterocycles. The van der Waals surface area contributed by atoms with Gasteiger partial charge in [0.25, 0.3) is 0 Å². The molecule has 0 atom stereocenters. The Balaban J connectivity index is 2.90. The first-order valence-corrected chi connectivity index (χ1v) is 7.50. The van der Waals surface area contributed by atoms with Crippen molar-refractivity contribution in [2.24, 2.45) is 0 Å². The zero-order valence-corrected chi connectivity index (χ0v) is 11.8. The average molecular weight is 308 g/mol. The lowest BCUT2D eigenvalue weighted by atomic mass is 10.2. The van der Waals surface area contributed by atoms with Gasteiger partial charge in [0.15, 0.2) is 0 Å². The van der Waals surface area contributed by atoms with E-state index >= 15 is 0 Å². The summed E-state index contributed by atoms with van der Waals surface area (Å²) in [6, 6.07) is 3.91. The van der Waals surface area contributed by atoms with E-state index in [1.165, 1.54) is 18.2 Å². The summed E-state index contributed by atoms with van der Waals surface area (Å²) in [5.41, 5.74) is -0.221. The Labute approximate surface area is 116 Å². The maximum Gasteiger partial charge on any atom is 0.337 e. The van der Waals surface area contributed by atoms with Crippen molar-refractivity contribution in [3.8, 4) is 0 Å². The highest BCUT2D eigenvalue weighted by atomic mass is 35.5. The molecule has 1 aromatic carbocycles. The zero-order valence-electron chi connectivity index (χ0n) is 10.2. The molecule has 0 aliphatic carbocycles. The number of aromatic carboxylic acids is 1. The Morgan fingerprint density at radius 2 is 2.16 bits per heavy atom. The van der Waals surface area contributed by atoms with E-state index in [0.29, 0.717) is 6.61 Å². The number of benzene rings is 1. The molecule has 0 radical (unpaired) electrons. The summed E-state index contributed by atoms with van der Waals surface area (Å²) < 4.78 is 30.6. The molecule has 0 fully saturated rings. The van der Waals surface area contributed by atoms with Crippen LogP contribution in [0.1, 0.15) is 17.3 Å². The van der Waals surface area contributed by atoms with Crippen LogP contribution in [0.2, 0.25) is 5.02 Å². The summed E-state index contributed by atoms with van der Waals surface area (Å²) in [4.78, 5) is 11.0. The molecule has 2 N–H and O–H groups in total. The second kappa shape index (κ2) is 6.74. The molecule has 0 unspecified atom stereocenters. The highest BCUT2D eigenvalue weighted by Gasteiger charge is 2.16. The average Bonchev–Trinajstić information content (AvgIpc) is 2.31. The lowest BCUT2D eigenvalue weighted by molar-refractivity contribution is 0.0698. The van der Waals surface area contributed by atoms with Gasteiger partial charge in [0.1, 0.15) is 0 Å². The maximum absolute atomic E-state index is 11.7. The largest absolute Gasteiger partial charge is 0.478 e. The number of carboxylic acid groups (broad SMARTS) is 1. The minimum absolute atomic E-state index is 0.0200. The molecular formula is C11H14ClNO5S. The molecule has 0 heterocycles. The van der Waals surface area contributed by atoms with Crippen molar-refractivity contribution in [3.05, 3.63) is 28.8 Å². The van der Waals surface area contributed by atoms with Gasteiger partial charge in [-0.1, -0.05) is 11.6 Å². The third-order valence-electron chi connectivity index (χ3n) is 2.18. The van der Waals surface area contributed by atoms with E-state index in [1.807, 2.05) is 0 Å². The van der Waals surface area contributed by atoms with Crippen LogP contribution in [0.15, 0.2) is 18.2 Å². The number of ether oxygens (including phenoxy) is 1. The van der Waals surface area contributed by atoms with Gasteiger partial charge in [-0.05, 0) is 25.1 Å². The summed E-state index contributed by atoms with van der Waals surface area (Å²) in [6.45, 7) is 2.21. The van der Waals surface area contributed by atoms with E-state index in [4.69, 9.17) is 21.4 Å². The lowest BCUT2D eigenvalue weighted by Gasteiger charge is -2.10. The first-order chi connectivity index (χ1) is 8.85. The fraction of sp³-hybridized carbons (Fsp3) is 0.364. The molecule has 0 bridgehead atoms. The normalized spacial score (nSPS) is 11.3. The predicted octanol–water partition coefficient (Wildman–Crippen LogP) is 1.82. The molecule has 0 amide bonds. The smallest absolute Gasteiger partial charge is 0.337 e. The van der Waals surface area contributed by atoms with Gasteiger partial charge in [-0.3, -0.25) is 4.72 Å². The van der Waals surface area contributed by atoms with Crippen LogP contribution >= 0.6 is 11.6 Å². The van der Waals surface area contributed by atoms with Crippen molar-refractivity contribution in [3.63, 3.8) is 0 Å². The van der Waals surface area contributed by atoms with Crippen molar-refractivity contribution in [2.45, 2.75) is 6.92 Å². The summed E-state index contributed by atoms with van der Waals surface area (Å²) in [7, 11) is -3.66. The minimum Gasteiger partial charge on any atom is -0.478 e. The van der Waals surface area contributed by atoms with Crippen LogP contribution < -0.4 is 4.72 Å². The van der Waals surface area contributed by atoms with Crippen molar-refractivity contribution in [2.75, 3.05) is 23.7 Å². The van der Waals surface area contributed by atoms with Gasteiger partial charge >= 0.3 is 5.97 Å². The van der Waals surface area contributed by atoms with Gasteiger partial charge in [0, 0.05) is 11.6 Å². The van der Waals surface area contributed by atoms with Gasteiger partial charge < -0.3 is 9.84 Å². The summed E-state index contributed by atoms with van der Waals surface area (Å²) in [5, 5.41) is 9.20. The number of carboxylic acids is 1. The number of halogens is 1. The Morgan fingerprint density at radius 3 is 2.74 bits per heavy atom. The van der Waals surface area contributed by atoms with E-state index in [-0.39, 0.29) is 28.6 Å². The zero-order chi connectivity index (χ0) is 14.5. The molecular weight excluding hydrogens is 294 g/mol. The van der Waals surface area contributed by atoms with Crippen LogP contribution in [-0.2, 0) is 14.8 Å². The number of hydrogen-bond acceptors (Lipinski definition) is 4. The maximum atomic E-state index is 11.7. The molecule has 1 aromatic rings. The Kier molecular flexibility index (Phi) is 5.59. The molecule has 106 valence electrons. The highest BCUT2D eigenvalue weighted by molar-refractivity contribution is 7.92. The van der Waals surface area contributed by atoms with Crippen molar-refractivity contribution in [1.82, 2.24) is 0 Å². The molecule has 0 saturated carbocycles. The van der Waals surface area contributed by atoms with Crippen LogP contribution in [0.4, 0.5) is 5.69 Å². The SMILES string of the molecule is CCOCCS(=O)(=O)Nc1ccc(Cl)cc1C(=O)O. The molecule has 8 heteroatoms. The monoisotopic (exact) mass is 307 g/mol. The number of anilines is 1. The van der Waals surface area contributed by atoms with Crippen LogP contribution in [-0.4, -0.2) is 38.5 Å². The summed E-state index contributed by atoms with van der Waals surface area (Å²) in [5.74, 6) is -1.51. The van der Waals surface area contributed by atoms with Crippen molar-refractivity contribution < 1.29 is 23.1 Å². The molecule has 0 aliphatic heterocycles. The van der Waals surface area contributed by atoms with Crippen LogP contribution in [0.5, 0.6) is 0 Å². The van der Waals surface area contributed by atoms with E-state index in [2.05, 4.69) is 4.72 Å². The number of hydrogen-bond donors (Lipinski definition) is 2. The van der Waals surface area contributed by atoms with Crippen molar-refractivity contribution >= 4 is 33.3 Å². The molecule has 6 nitrogen and oxygen atoms in total. The topological polar surface area (TPSA) is 92.7 Å². The molecule has 1 rings (SSSR count). The lowest BCUT2D eigenvalue weighted by Crippen LogP contribution is -2.21. The standard InChI is InChI=1S/C11H14ClNO5S/c1-2-18-5-6-19(16,17)13-10-4-3-8(12)7-9(10)11(14)15/h3-4,7,13H,2,5-6H2,1H3,(H,14,15). The van der Waals surface area contributed by atoms with Gasteiger partial charge in [-0.15, -0.1) is 0 Å². The van der Waals surface area contributed by atoms with Gasteiger partial charge in [0.05, 0.1) is 23.6 Å². The fourth-order valence-corrected chi connectivity index (χ4v) is 2.44. The van der Waals surface area contributed by atoms with E-state index in [9.17, 15) is 13.2 Å². The van der Waals surface area contributed by atoms with Crippen LogP contribution in [0.3, 0.4) is 0 Å². The summed E-state index contributed by atoms with van der Waals surface area (Å²) in [6.07, 6.45) is 0. The molecule has 0 aliphatic rings. The van der Waals surface area contributed by atoms with Gasteiger partial charge in [-0.2, -0.15) is 0 Å². The van der Waals surface area contributed by atoms with E-state index < -0.39 is 16.0 Å². The minimum atomic E-state index is -3.66. The third kappa shape index (κ3) is 5.06. The Morgan fingerprint density at radius 1 is 1.47 bits per heavy atom. The number of nitrogens with one attached hydrogen (secondary N) is 1. The number of carbonyl (C=O) groups is 1. The molecule has 0 spiro atoms. The van der Waals surface area contributed by atoms with Crippen LogP contribution in [0.25, 0.3) is 0 Å². The Hall–Kier alpha value is -1.31. The van der Waals surface area contributed by atoms with E-state index in [0.717, 1.165) is 0 Å². The van der Waals surface area contributed by atoms with E-state index in [1.54, 1.807) is 6.92 Å². The van der Waals surface area contributed by atoms with Gasteiger partial charge in [-0.25, -0.2) is 13.2 Å². The first-order valence-electron chi connectivity index (χ1n) is 5.47. The highest BCUT2D eigenvalue weighted by Crippen LogP contribution is 2.21. The van der Waals surface area contributed by atoms with Crippen LogP contribution in [0, 0.1) is 0 Å².